The van der Waals surface area contributed by atoms with E-state index in [-0.39, 0.29) is 12.0 Å². The van der Waals surface area contributed by atoms with Gasteiger partial charge >= 0.3 is 0 Å². The molecule has 25 heavy (non-hydrogen) atoms. The molecule has 5 nitrogen and oxygen atoms in total. The molecule has 0 radical (unpaired) electrons. The Labute approximate surface area is 147 Å². The van der Waals surface area contributed by atoms with E-state index < -0.39 is 0 Å². The van der Waals surface area contributed by atoms with Crippen molar-refractivity contribution in [3.05, 3.63) is 59.7 Å². The Balaban J connectivity index is 1.64. The summed E-state index contributed by atoms with van der Waals surface area (Å²) in [5.74, 6) is 1.36. The molecule has 1 N–H and O–H groups in total. The molecule has 1 aliphatic heterocycles. The highest BCUT2D eigenvalue weighted by Crippen LogP contribution is 2.22. The number of carbonyl (C=O) groups excluding carboxylic acids is 1. The van der Waals surface area contributed by atoms with Crippen LogP contribution in [0, 0.1) is 0 Å². The van der Waals surface area contributed by atoms with Gasteiger partial charge in [0.1, 0.15) is 18.1 Å². The standard InChI is InChI=1S/C20H23NO4/c1-23-19-10-9-15(20(22)21-13-18-8-5-11-24-18)12-16(19)14-25-17-6-3-2-4-7-17/h2-4,6-7,9-10,12,18H,5,8,11,13-14H2,1H3,(H,21,22)/t18-/m1/s1. The third kappa shape index (κ3) is 4.73. The summed E-state index contributed by atoms with van der Waals surface area (Å²) in [5.41, 5.74) is 1.42. The lowest BCUT2D eigenvalue weighted by molar-refractivity contribution is 0.0857. The minimum atomic E-state index is -0.112. The maximum Gasteiger partial charge on any atom is 0.251 e. The minimum absolute atomic E-state index is 0.112. The van der Waals surface area contributed by atoms with Crippen LogP contribution in [0.5, 0.6) is 11.5 Å². The fourth-order valence-electron chi connectivity index (χ4n) is 2.82. The van der Waals surface area contributed by atoms with E-state index in [2.05, 4.69) is 5.32 Å². The first-order chi connectivity index (χ1) is 12.3. The van der Waals surface area contributed by atoms with Crippen LogP contribution >= 0.6 is 0 Å². The molecule has 2 aromatic rings. The van der Waals surface area contributed by atoms with E-state index in [1.807, 2.05) is 36.4 Å². The van der Waals surface area contributed by atoms with Crippen molar-refractivity contribution in [3.63, 3.8) is 0 Å². The molecule has 1 heterocycles. The Kier molecular flexibility index (Phi) is 5.90. The molecule has 2 aromatic carbocycles. The number of methoxy groups -OCH3 is 1. The summed E-state index contributed by atoms with van der Waals surface area (Å²) in [7, 11) is 1.61. The zero-order chi connectivity index (χ0) is 17.5. The molecule has 0 spiro atoms. The van der Waals surface area contributed by atoms with Gasteiger partial charge in [-0.3, -0.25) is 4.79 Å². The molecule has 0 bridgehead atoms. The molecule has 1 aliphatic rings. The number of hydrogen-bond acceptors (Lipinski definition) is 4. The molecule has 5 heteroatoms. The summed E-state index contributed by atoms with van der Waals surface area (Å²) in [6.07, 6.45) is 2.19. The van der Waals surface area contributed by atoms with Gasteiger partial charge in [-0.05, 0) is 43.2 Å². The van der Waals surface area contributed by atoms with E-state index in [1.54, 1.807) is 19.2 Å². The highest BCUT2D eigenvalue weighted by Gasteiger charge is 2.17. The molecule has 3 rings (SSSR count). The second-order valence-electron chi connectivity index (χ2n) is 5.97. The van der Waals surface area contributed by atoms with Gasteiger partial charge in [-0.25, -0.2) is 0 Å². The largest absolute Gasteiger partial charge is 0.496 e. The monoisotopic (exact) mass is 341 g/mol. The molecule has 0 unspecified atom stereocenters. The number of ether oxygens (including phenoxy) is 3. The number of benzene rings is 2. The number of para-hydroxylation sites is 1. The number of amides is 1. The molecule has 1 amide bonds. The summed E-state index contributed by atoms with van der Waals surface area (Å²) in [6, 6.07) is 14.9. The van der Waals surface area contributed by atoms with Crippen molar-refractivity contribution in [2.45, 2.75) is 25.6 Å². The zero-order valence-corrected chi connectivity index (χ0v) is 14.4. The van der Waals surface area contributed by atoms with Crippen LogP contribution in [0.1, 0.15) is 28.8 Å². The zero-order valence-electron chi connectivity index (χ0n) is 14.4. The van der Waals surface area contributed by atoms with Crippen molar-refractivity contribution in [1.29, 1.82) is 0 Å². The van der Waals surface area contributed by atoms with Crippen LogP contribution in [-0.4, -0.2) is 32.3 Å². The maximum atomic E-state index is 12.4. The van der Waals surface area contributed by atoms with Crippen LogP contribution in [0.4, 0.5) is 0 Å². The van der Waals surface area contributed by atoms with Crippen LogP contribution < -0.4 is 14.8 Å². The van der Waals surface area contributed by atoms with Gasteiger partial charge in [-0.1, -0.05) is 18.2 Å². The van der Waals surface area contributed by atoms with Gasteiger partial charge in [-0.2, -0.15) is 0 Å². The van der Waals surface area contributed by atoms with E-state index in [4.69, 9.17) is 14.2 Å². The van der Waals surface area contributed by atoms with Crippen LogP contribution in [0.15, 0.2) is 48.5 Å². The molecule has 0 saturated carbocycles. The molecule has 0 aromatic heterocycles. The third-order valence-corrected chi connectivity index (χ3v) is 4.19. The van der Waals surface area contributed by atoms with Gasteiger partial charge in [0.15, 0.2) is 0 Å². The van der Waals surface area contributed by atoms with E-state index >= 15 is 0 Å². The predicted molar refractivity (Wildman–Crippen MR) is 95.1 cm³/mol. The first-order valence-corrected chi connectivity index (χ1v) is 8.51. The van der Waals surface area contributed by atoms with Gasteiger partial charge in [-0.15, -0.1) is 0 Å². The molecule has 1 saturated heterocycles. The summed E-state index contributed by atoms with van der Waals surface area (Å²) in [5, 5.41) is 2.93. The quantitative estimate of drug-likeness (QED) is 0.840. The van der Waals surface area contributed by atoms with Crippen molar-refractivity contribution in [2.75, 3.05) is 20.3 Å². The fourth-order valence-corrected chi connectivity index (χ4v) is 2.82. The molecule has 0 aliphatic carbocycles. The van der Waals surface area contributed by atoms with E-state index in [1.165, 1.54) is 0 Å². The summed E-state index contributed by atoms with van der Waals surface area (Å²) >= 11 is 0. The number of carbonyl (C=O) groups is 1. The molecule has 1 atom stereocenters. The Bertz CT molecular complexity index is 696. The predicted octanol–water partition coefficient (Wildman–Crippen LogP) is 3.18. The SMILES string of the molecule is COc1ccc(C(=O)NC[C@H]2CCCO2)cc1COc1ccccc1. The summed E-state index contributed by atoms with van der Waals surface area (Å²) in [4.78, 5) is 12.4. The number of nitrogens with one attached hydrogen (secondary N) is 1. The van der Waals surface area contributed by atoms with Gasteiger partial charge in [0.2, 0.25) is 0 Å². The van der Waals surface area contributed by atoms with Gasteiger partial charge in [0, 0.05) is 24.3 Å². The molecular weight excluding hydrogens is 318 g/mol. The molecular formula is C20H23NO4. The summed E-state index contributed by atoms with van der Waals surface area (Å²) in [6.45, 7) is 1.66. The van der Waals surface area contributed by atoms with Crippen LogP contribution in [0.25, 0.3) is 0 Å². The van der Waals surface area contributed by atoms with Crippen LogP contribution in [-0.2, 0) is 11.3 Å². The lowest BCUT2D eigenvalue weighted by atomic mass is 10.1. The Hall–Kier alpha value is -2.53. The lowest BCUT2D eigenvalue weighted by Crippen LogP contribution is -2.31. The van der Waals surface area contributed by atoms with Crippen molar-refractivity contribution in [3.8, 4) is 11.5 Å². The molecule has 132 valence electrons. The average Bonchev–Trinajstić information content (AvgIpc) is 3.18. The smallest absolute Gasteiger partial charge is 0.251 e. The minimum Gasteiger partial charge on any atom is -0.496 e. The number of rotatable bonds is 7. The second-order valence-corrected chi connectivity index (χ2v) is 5.97. The Morgan fingerprint density at radius 2 is 2.08 bits per heavy atom. The van der Waals surface area contributed by atoms with Gasteiger partial charge in [0.25, 0.3) is 5.91 Å². The van der Waals surface area contributed by atoms with Crippen LogP contribution in [0.3, 0.4) is 0 Å². The van der Waals surface area contributed by atoms with Gasteiger partial charge in [0.05, 0.1) is 13.2 Å². The maximum absolute atomic E-state index is 12.4. The highest BCUT2D eigenvalue weighted by atomic mass is 16.5. The third-order valence-electron chi connectivity index (χ3n) is 4.19. The molecule has 1 fully saturated rings. The lowest BCUT2D eigenvalue weighted by Gasteiger charge is -2.14. The first-order valence-electron chi connectivity index (χ1n) is 8.51. The van der Waals surface area contributed by atoms with Crippen molar-refractivity contribution < 1.29 is 19.0 Å². The average molecular weight is 341 g/mol. The highest BCUT2D eigenvalue weighted by molar-refractivity contribution is 5.94. The van der Waals surface area contributed by atoms with Crippen molar-refractivity contribution >= 4 is 5.91 Å². The first kappa shape index (κ1) is 17.3. The van der Waals surface area contributed by atoms with Gasteiger partial charge < -0.3 is 19.5 Å². The van der Waals surface area contributed by atoms with E-state index in [0.29, 0.717) is 24.5 Å². The topological polar surface area (TPSA) is 56.8 Å². The summed E-state index contributed by atoms with van der Waals surface area (Å²) < 4.78 is 16.7. The van der Waals surface area contributed by atoms with Crippen molar-refractivity contribution in [1.82, 2.24) is 5.32 Å². The van der Waals surface area contributed by atoms with Crippen LogP contribution in [0.2, 0.25) is 0 Å². The second kappa shape index (κ2) is 8.53. The number of hydrogen-bond donors (Lipinski definition) is 1. The Morgan fingerprint density at radius 1 is 1.24 bits per heavy atom. The fraction of sp³-hybridized carbons (Fsp3) is 0.350. The Morgan fingerprint density at radius 3 is 2.80 bits per heavy atom. The van der Waals surface area contributed by atoms with E-state index in [9.17, 15) is 4.79 Å². The van der Waals surface area contributed by atoms with E-state index in [0.717, 1.165) is 30.8 Å². The normalized spacial score (nSPS) is 16.4. The van der Waals surface area contributed by atoms with Crippen molar-refractivity contribution in [2.24, 2.45) is 0 Å².